The normalized spacial score (nSPS) is 11.0. The minimum Gasteiger partial charge on any atom is -0.350 e. The fraction of sp³-hybridized carbons (Fsp3) is 0.364. The monoisotopic (exact) mass is 218 g/mol. The van der Waals surface area contributed by atoms with Gasteiger partial charge >= 0.3 is 0 Å². The summed E-state index contributed by atoms with van der Waals surface area (Å²) in [6, 6.07) is 0.107. The van der Waals surface area contributed by atoms with Gasteiger partial charge < -0.3 is 10.3 Å². The molecule has 0 atom stereocenters. The van der Waals surface area contributed by atoms with Crippen LogP contribution in [-0.4, -0.2) is 26.9 Å². The molecule has 5 heteroatoms. The molecule has 0 radical (unpaired) electrons. The number of carbonyl (C=O) groups excluding carboxylic acids is 1. The number of aromatic amines is 1. The van der Waals surface area contributed by atoms with Gasteiger partial charge in [0.2, 0.25) is 0 Å². The zero-order valence-corrected chi connectivity index (χ0v) is 9.53. The first kappa shape index (κ1) is 10.6. The number of fused-ring (bicyclic) bond motifs is 1. The average molecular weight is 218 g/mol. The fourth-order valence-corrected chi connectivity index (χ4v) is 1.49. The SMILES string of the molecule is Cc1cnc2[nH]cc(C(=O)NC(C)C)c2n1. The van der Waals surface area contributed by atoms with Crippen LogP contribution in [-0.2, 0) is 0 Å². The molecular weight excluding hydrogens is 204 g/mol. The Bertz CT molecular complexity index is 530. The lowest BCUT2D eigenvalue weighted by molar-refractivity contribution is 0.0944. The molecule has 0 fully saturated rings. The van der Waals surface area contributed by atoms with Crippen molar-refractivity contribution >= 4 is 17.1 Å². The van der Waals surface area contributed by atoms with Crippen molar-refractivity contribution in [1.29, 1.82) is 0 Å². The number of hydrogen-bond acceptors (Lipinski definition) is 3. The van der Waals surface area contributed by atoms with Crippen molar-refractivity contribution in [2.75, 3.05) is 0 Å². The Hall–Kier alpha value is -1.91. The first-order valence-corrected chi connectivity index (χ1v) is 5.19. The second-order valence-electron chi connectivity index (χ2n) is 4.04. The third-order valence-corrected chi connectivity index (χ3v) is 2.17. The number of nitrogens with zero attached hydrogens (tertiary/aromatic N) is 2. The highest BCUT2D eigenvalue weighted by atomic mass is 16.1. The van der Waals surface area contributed by atoms with Gasteiger partial charge in [-0.1, -0.05) is 0 Å². The van der Waals surface area contributed by atoms with Crippen molar-refractivity contribution < 1.29 is 4.79 Å². The van der Waals surface area contributed by atoms with Gasteiger partial charge in [0.25, 0.3) is 5.91 Å². The summed E-state index contributed by atoms with van der Waals surface area (Å²) in [6.07, 6.45) is 3.31. The van der Waals surface area contributed by atoms with Crippen LogP contribution >= 0.6 is 0 Å². The van der Waals surface area contributed by atoms with Crippen molar-refractivity contribution in [3.63, 3.8) is 0 Å². The van der Waals surface area contributed by atoms with Gasteiger partial charge in [0.15, 0.2) is 5.65 Å². The van der Waals surface area contributed by atoms with E-state index in [4.69, 9.17) is 0 Å². The van der Waals surface area contributed by atoms with Crippen LogP contribution in [0.1, 0.15) is 29.9 Å². The number of aromatic nitrogens is 3. The maximum Gasteiger partial charge on any atom is 0.255 e. The van der Waals surface area contributed by atoms with E-state index in [9.17, 15) is 4.79 Å². The van der Waals surface area contributed by atoms with Crippen LogP contribution in [0.2, 0.25) is 0 Å². The Balaban J connectivity index is 2.44. The van der Waals surface area contributed by atoms with Gasteiger partial charge in [0, 0.05) is 12.2 Å². The number of nitrogens with one attached hydrogen (secondary N) is 2. The Morgan fingerprint density at radius 1 is 1.50 bits per heavy atom. The molecule has 0 aliphatic rings. The molecular formula is C11H14N4O. The predicted molar refractivity (Wildman–Crippen MR) is 61.2 cm³/mol. The van der Waals surface area contributed by atoms with Gasteiger partial charge in [-0.2, -0.15) is 0 Å². The zero-order valence-electron chi connectivity index (χ0n) is 9.53. The van der Waals surface area contributed by atoms with Crippen molar-refractivity contribution in [3.8, 4) is 0 Å². The van der Waals surface area contributed by atoms with Crippen molar-refractivity contribution in [2.45, 2.75) is 26.8 Å². The highest BCUT2D eigenvalue weighted by Gasteiger charge is 2.14. The molecule has 2 N–H and O–H groups in total. The number of amides is 1. The molecule has 2 heterocycles. The quantitative estimate of drug-likeness (QED) is 0.800. The molecule has 2 aromatic heterocycles. The van der Waals surface area contributed by atoms with Crippen molar-refractivity contribution in [3.05, 3.63) is 23.7 Å². The van der Waals surface area contributed by atoms with Gasteiger partial charge in [-0.25, -0.2) is 9.97 Å². The lowest BCUT2D eigenvalue weighted by Gasteiger charge is -2.06. The largest absolute Gasteiger partial charge is 0.350 e. The van der Waals surface area contributed by atoms with Gasteiger partial charge in [0.05, 0.1) is 17.5 Å². The fourth-order valence-electron chi connectivity index (χ4n) is 1.49. The summed E-state index contributed by atoms with van der Waals surface area (Å²) in [7, 11) is 0. The molecule has 0 saturated heterocycles. The number of aryl methyl sites for hydroxylation is 1. The summed E-state index contributed by atoms with van der Waals surface area (Å²) in [5.41, 5.74) is 2.60. The van der Waals surface area contributed by atoms with Gasteiger partial charge in [-0.15, -0.1) is 0 Å². The molecule has 84 valence electrons. The minimum atomic E-state index is -0.124. The molecule has 0 unspecified atom stereocenters. The molecule has 16 heavy (non-hydrogen) atoms. The van der Waals surface area contributed by atoms with Crippen LogP contribution in [0.3, 0.4) is 0 Å². The van der Waals surface area contributed by atoms with E-state index in [0.29, 0.717) is 16.7 Å². The lowest BCUT2D eigenvalue weighted by Crippen LogP contribution is -2.29. The third-order valence-electron chi connectivity index (χ3n) is 2.17. The van der Waals surface area contributed by atoms with Crippen LogP contribution in [0.4, 0.5) is 0 Å². The molecule has 0 spiro atoms. The molecule has 5 nitrogen and oxygen atoms in total. The van der Waals surface area contributed by atoms with Crippen LogP contribution in [0.15, 0.2) is 12.4 Å². The first-order chi connectivity index (χ1) is 7.58. The highest BCUT2D eigenvalue weighted by molar-refractivity contribution is 6.04. The molecule has 1 amide bonds. The van der Waals surface area contributed by atoms with Crippen LogP contribution < -0.4 is 5.32 Å². The van der Waals surface area contributed by atoms with E-state index in [-0.39, 0.29) is 11.9 Å². The number of H-pyrrole nitrogens is 1. The van der Waals surface area contributed by atoms with E-state index >= 15 is 0 Å². The van der Waals surface area contributed by atoms with E-state index in [0.717, 1.165) is 5.69 Å². The summed E-state index contributed by atoms with van der Waals surface area (Å²) < 4.78 is 0. The van der Waals surface area contributed by atoms with Crippen molar-refractivity contribution in [2.24, 2.45) is 0 Å². The second kappa shape index (κ2) is 3.92. The average Bonchev–Trinajstić information content (AvgIpc) is 2.59. The lowest BCUT2D eigenvalue weighted by atomic mass is 10.2. The van der Waals surface area contributed by atoms with Gasteiger partial charge in [0.1, 0.15) is 5.52 Å². The van der Waals surface area contributed by atoms with Crippen LogP contribution in [0.25, 0.3) is 11.2 Å². The van der Waals surface area contributed by atoms with E-state index < -0.39 is 0 Å². The van der Waals surface area contributed by atoms with Gasteiger partial charge in [-0.3, -0.25) is 4.79 Å². The molecule has 2 rings (SSSR count). The highest BCUT2D eigenvalue weighted by Crippen LogP contribution is 2.13. The third kappa shape index (κ3) is 1.88. The molecule has 0 aromatic carbocycles. The number of carbonyl (C=O) groups is 1. The van der Waals surface area contributed by atoms with Crippen LogP contribution in [0.5, 0.6) is 0 Å². The molecule has 0 saturated carbocycles. The number of hydrogen-bond donors (Lipinski definition) is 2. The maximum atomic E-state index is 11.8. The standard InChI is InChI=1S/C11H14N4O/c1-6(2)14-11(16)8-5-13-10-9(8)15-7(3)4-12-10/h4-6H,1-3H3,(H,12,13)(H,14,16). The smallest absolute Gasteiger partial charge is 0.255 e. The molecule has 0 aliphatic carbocycles. The summed E-state index contributed by atoms with van der Waals surface area (Å²) >= 11 is 0. The number of rotatable bonds is 2. The van der Waals surface area contributed by atoms with Crippen molar-refractivity contribution in [1.82, 2.24) is 20.3 Å². The predicted octanol–water partition coefficient (Wildman–Crippen LogP) is 1.40. The summed E-state index contributed by atoms with van der Waals surface area (Å²) in [4.78, 5) is 23.3. The Labute approximate surface area is 93.3 Å². The summed E-state index contributed by atoms with van der Waals surface area (Å²) in [5, 5.41) is 2.83. The van der Waals surface area contributed by atoms with Crippen LogP contribution in [0, 0.1) is 6.92 Å². The Morgan fingerprint density at radius 2 is 2.25 bits per heavy atom. The molecule has 2 aromatic rings. The van der Waals surface area contributed by atoms with E-state index in [2.05, 4.69) is 20.3 Å². The molecule has 0 bridgehead atoms. The van der Waals surface area contributed by atoms with E-state index in [1.807, 2.05) is 20.8 Å². The molecule has 0 aliphatic heterocycles. The van der Waals surface area contributed by atoms with Gasteiger partial charge in [-0.05, 0) is 20.8 Å². The minimum absolute atomic E-state index is 0.107. The van der Waals surface area contributed by atoms with E-state index in [1.54, 1.807) is 12.4 Å². The second-order valence-corrected chi connectivity index (χ2v) is 4.04. The Morgan fingerprint density at radius 3 is 2.94 bits per heavy atom. The summed E-state index contributed by atoms with van der Waals surface area (Å²) in [5.74, 6) is -0.124. The van der Waals surface area contributed by atoms with E-state index in [1.165, 1.54) is 0 Å². The first-order valence-electron chi connectivity index (χ1n) is 5.19. The Kier molecular flexibility index (Phi) is 2.60. The zero-order chi connectivity index (χ0) is 11.7. The maximum absolute atomic E-state index is 11.8. The summed E-state index contributed by atoms with van der Waals surface area (Å²) in [6.45, 7) is 5.69. The topological polar surface area (TPSA) is 70.7 Å².